The number of hydrogen-bond donors (Lipinski definition) is 0. The van der Waals surface area contributed by atoms with Crippen LogP contribution in [0.15, 0.2) is 0 Å². The molecule has 0 aliphatic rings. The highest BCUT2D eigenvalue weighted by Crippen LogP contribution is 2.20. The highest BCUT2D eigenvalue weighted by Gasteiger charge is 2.08. The summed E-state index contributed by atoms with van der Waals surface area (Å²) in [4.78, 5) is 0. The Morgan fingerprint density at radius 2 is 1.11 bits per heavy atom. The predicted molar refractivity (Wildman–Crippen MR) is 89.5 cm³/mol. The van der Waals surface area contributed by atoms with Crippen molar-refractivity contribution < 1.29 is 0 Å². The van der Waals surface area contributed by atoms with Crippen molar-refractivity contribution in [1.29, 1.82) is 0 Å². The molecular weight excluding hydrogens is 232 g/mol. The van der Waals surface area contributed by atoms with Gasteiger partial charge in [0, 0.05) is 9.52 Å². The summed E-state index contributed by atoms with van der Waals surface area (Å²) >= 11 is 0. The van der Waals surface area contributed by atoms with E-state index in [2.05, 4.69) is 27.7 Å². The van der Waals surface area contributed by atoms with Crippen molar-refractivity contribution in [3.8, 4) is 0 Å². The third kappa shape index (κ3) is 16.2. The summed E-state index contributed by atoms with van der Waals surface area (Å²) in [5.74, 6) is 0. The summed E-state index contributed by atoms with van der Waals surface area (Å²) < 4.78 is 0. The highest BCUT2D eigenvalue weighted by molar-refractivity contribution is 6.35. The molecule has 0 fully saturated rings. The molecule has 0 amide bonds. The van der Waals surface area contributed by atoms with E-state index >= 15 is 0 Å². The van der Waals surface area contributed by atoms with Gasteiger partial charge in [0.1, 0.15) is 0 Å². The zero-order valence-electron chi connectivity index (χ0n) is 13.7. The third-order valence-electron chi connectivity index (χ3n) is 3.78. The Morgan fingerprint density at radius 3 is 1.56 bits per heavy atom. The van der Waals surface area contributed by atoms with Crippen LogP contribution < -0.4 is 0 Å². The summed E-state index contributed by atoms with van der Waals surface area (Å²) in [6.07, 6.45) is 14.8. The maximum Gasteiger partial charge on any atom is 0.0203 e. The van der Waals surface area contributed by atoms with E-state index < -0.39 is 0 Å². The molecule has 0 nitrogen and oxygen atoms in total. The first-order valence-corrected chi connectivity index (χ1v) is 10.6. The van der Waals surface area contributed by atoms with Crippen LogP contribution in [0.3, 0.4) is 0 Å². The Morgan fingerprint density at radius 1 is 0.667 bits per heavy atom. The summed E-state index contributed by atoms with van der Waals surface area (Å²) in [6.45, 7) is 9.46. The van der Waals surface area contributed by atoms with Crippen LogP contribution in [0.4, 0.5) is 0 Å². The molecule has 1 heteroatoms. The Balaban J connectivity index is 2.99. The first-order chi connectivity index (χ1) is 8.56. The van der Waals surface area contributed by atoms with E-state index in [1.807, 2.05) is 0 Å². The molecule has 0 saturated heterocycles. The van der Waals surface area contributed by atoms with Gasteiger partial charge in [-0.2, -0.15) is 0 Å². The molecule has 0 spiro atoms. The van der Waals surface area contributed by atoms with Gasteiger partial charge in [-0.3, -0.25) is 0 Å². The summed E-state index contributed by atoms with van der Waals surface area (Å²) in [6, 6.07) is 3.12. The van der Waals surface area contributed by atoms with Crippen molar-refractivity contribution in [1.82, 2.24) is 0 Å². The highest BCUT2D eigenvalue weighted by atomic mass is 28.2. The minimum atomic E-state index is 0.254. The van der Waals surface area contributed by atoms with Crippen LogP contribution in [-0.2, 0) is 0 Å². The van der Waals surface area contributed by atoms with Gasteiger partial charge < -0.3 is 0 Å². The van der Waals surface area contributed by atoms with Crippen molar-refractivity contribution in [3.63, 3.8) is 0 Å². The van der Waals surface area contributed by atoms with Crippen LogP contribution >= 0.6 is 0 Å². The summed E-state index contributed by atoms with van der Waals surface area (Å²) in [5, 5.41) is 0. The molecule has 0 aliphatic heterocycles. The number of hydrogen-bond acceptors (Lipinski definition) is 0. The minimum Gasteiger partial charge on any atom is -0.0654 e. The Hall–Kier alpha value is 0.217. The predicted octanol–water partition coefficient (Wildman–Crippen LogP) is 5.96. The second-order valence-electron chi connectivity index (χ2n) is 7.20. The van der Waals surface area contributed by atoms with Gasteiger partial charge in [-0.15, -0.1) is 0 Å². The van der Waals surface area contributed by atoms with E-state index in [0.29, 0.717) is 5.41 Å². The van der Waals surface area contributed by atoms with Gasteiger partial charge in [0.2, 0.25) is 0 Å². The Kier molecular flexibility index (Phi) is 12.4. The molecule has 0 radical (unpaired) electrons. The van der Waals surface area contributed by atoms with E-state index in [0.717, 1.165) is 0 Å². The SMILES string of the molecule is CCCCCCCCCCCC[SiH2]CC(C)(C)C. The van der Waals surface area contributed by atoms with E-state index in [1.54, 1.807) is 6.04 Å². The average Bonchev–Trinajstić information content (AvgIpc) is 2.29. The average molecular weight is 271 g/mol. The van der Waals surface area contributed by atoms with Crippen LogP contribution in [-0.4, -0.2) is 9.52 Å². The molecule has 0 atom stereocenters. The number of unbranched alkanes of at least 4 members (excludes halogenated alkanes) is 9. The number of rotatable bonds is 12. The van der Waals surface area contributed by atoms with E-state index in [1.165, 1.54) is 70.3 Å². The molecule has 0 saturated carbocycles. The van der Waals surface area contributed by atoms with E-state index in [4.69, 9.17) is 0 Å². The summed E-state index contributed by atoms with van der Waals surface area (Å²) in [7, 11) is 0.254. The molecular formula is C17H38Si. The smallest absolute Gasteiger partial charge is 0.0203 e. The van der Waals surface area contributed by atoms with E-state index in [-0.39, 0.29) is 9.52 Å². The van der Waals surface area contributed by atoms with Gasteiger partial charge in [0.25, 0.3) is 0 Å². The van der Waals surface area contributed by atoms with Crippen LogP contribution in [0.5, 0.6) is 0 Å². The molecule has 18 heavy (non-hydrogen) atoms. The van der Waals surface area contributed by atoms with Crippen molar-refractivity contribution >= 4 is 9.52 Å². The lowest BCUT2D eigenvalue weighted by molar-refractivity contribution is 0.466. The molecule has 0 aromatic rings. The van der Waals surface area contributed by atoms with E-state index in [9.17, 15) is 0 Å². The van der Waals surface area contributed by atoms with Crippen molar-refractivity contribution in [3.05, 3.63) is 0 Å². The topological polar surface area (TPSA) is 0 Å². The lowest BCUT2D eigenvalue weighted by atomic mass is 10.0. The van der Waals surface area contributed by atoms with Crippen LogP contribution in [0, 0.1) is 5.41 Å². The largest absolute Gasteiger partial charge is 0.0654 e. The minimum absolute atomic E-state index is 0.254. The molecule has 110 valence electrons. The maximum atomic E-state index is 2.39. The maximum absolute atomic E-state index is 2.39. The molecule has 0 aliphatic carbocycles. The molecule has 0 rings (SSSR count). The first kappa shape index (κ1) is 18.2. The zero-order valence-corrected chi connectivity index (χ0v) is 15.1. The molecule has 0 aromatic heterocycles. The van der Waals surface area contributed by atoms with Crippen LogP contribution in [0.2, 0.25) is 12.1 Å². The van der Waals surface area contributed by atoms with Gasteiger partial charge in [0.15, 0.2) is 0 Å². The van der Waals surface area contributed by atoms with Crippen LogP contribution in [0.1, 0.15) is 91.9 Å². The molecule has 0 unspecified atom stereocenters. The van der Waals surface area contributed by atoms with Crippen molar-refractivity contribution in [2.45, 2.75) is 104 Å². The third-order valence-corrected chi connectivity index (χ3v) is 6.63. The first-order valence-electron chi connectivity index (χ1n) is 8.56. The fraction of sp³-hybridized carbons (Fsp3) is 1.00. The quantitative estimate of drug-likeness (QED) is 0.303. The van der Waals surface area contributed by atoms with Gasteiger partial charge in [-0.25, -0.2) is 0 Å². The van der Waals surface area contributed by atoms with Gasteiger partial charge in [-0.05, 0) is 5.41 Å². The zero-order chi connectivity index (χ0) is 13.7. The summed E-state index contributed by atoms with van der Waals surface area (Å²) in [5.41, 5.74) is 0.602. The lowest BCUT2D eigenvalue weighted by Crippen LogP contribution is -2.08. The lowest BCUT2D eigenvalue weighted by Gasteiger charge is -2.17. The van der Waals surface area contributed by atoms with Gasteiger partial charge >= 0.3 is 0 Å². The molecule has 0 N–H and O–H groups in total. The fourth-order valence-electron chi connectivity index (χ4n) is 2.50. The van der Waals surface area contributed by atoms with Crippen molar-refractivity contribution in [2.24, 2.45) is 5.41 Å². The standard InChI is InChI=1S/C17H38Si/c1-5-6-7-8-9-10-11-12-13-14-15-18-16-17(2,3)4/h5-16,18H2,1-4H3. The molecule has 0 bridgehead atoms. The second kappa shape index (κ2) is 12.3. The monoisotopic (exact) mass is 270 g/mol. The van der Waals surface area contributed by atoms with Gasteiger partial charge in [-0.1, -0.05) is 104 Å². The van der Waals surface area contributed by atoms with Gasteiger partial charge in [0.05, 0.1) is 0 Å². The second-order valence-corrected chi connectivity index (χ2v) is 9.11. The molecule has 0 aromatic carbocycles. The van der Waals surface area contributed by atoms with Crippen LogP contribution in [0.25, 0.3) is 0 Å². The van der Waals surface area contributed by atoms with Crippen molar-refractivity contribution in [2.75, 3.05) is 0 Å². The Labute approximate surface area is 119 Å². The normalized spacial score (nSPS) is 12.7. The molecule has 0 heterocycles. The Bertz CT molecular complexity index is 157. The fourth-order valence-corrected chi connectivity index (χ4v) is 4.51.